The molecule has 2 atom stereocenters. The van der Waals surface area contributed by atoms with Gasteiger partial charge in [-0.25, -0.2) is 0 Å². The predicted octanol–water partition coefficient (Wildman–Crippen LogP) is 3.49. The van der Waals surface area contributed by atoms with Crippen LogP contribution in [0.5, 0.6) is 0 Å². The van der Waals surface area contributed by atoms with Crippen molar-refractivity contribution in [1.82, 2.24) is 4.90 Å². The fraction of sp³-hybridized carbons (Fsp3) is 0.600. The summed E-state index contributed by atoms with van der Waals surface area (Å²) >= 11 is 5.93. The maximum Gasteiger partial charge on any atom is 0.0802 e. The van der Waals surface area contributed by atoms with E-state index in [0.717, 1.165) is 24.4 Å². The molecule has 0 spiro atoms. The van der Waals surface area contributed by atoms with Gasteiger partial charge < -0.3 is 10.0 Å². The van der Waals surface area contributed by atoms with E-state index in [9.17, 15) is 5.11 Å². The molecule has 1 aromatic carbocycles. The van der Waals surface area contributed by atoms with Crippen LogP contribution >= 0.6 is 11.6 Å². The van der Waals surface area contributed by atoms with Gasteiger partial charge in [-0.15, -0.1) is 0 Å². The van der Waals surface area contributed by atoms with E-state index in [2.05, 4.69) is 18.9 Å². The Morgan fingerprint density at radius 3 is 2.78 bits per heavy atom. The molecule has 0 radical (unpaired) electrons. The standard InChI is InChI=1S/C15H22ClNO/c1-11(12-6-7-12)17(2)9-8-15(18)13-4-3-5-14(16)10-13/h3-5,10-12,15,18H,6-9H2,1-2H3. The molecule has 1 aromatic rings. The van der Waals surface area contributed by atoms with Crippen LogP contribution in [-0.2, 0) is 0 Å². The normalized spacial score (nSPS) is 18.9. The van der Waals surface area contributed by atoms with Crippen LogP contribution in [0.3, 0.4) is 0 Å². The topological polar surface area (TPSA) is 23.5 Å². The highest BCUT2D eigenvalue weighted by molar-refractivity contribution is 6.30. The number of rotatable bonds is 6. The summed E-state index contributed by atoms with van der Waals surface area (Å²) in [7, 11) is 2.15. The molecule has 0 aliphatic heterocycles. The Bertz CT molecular complexity index is 392. The van der Waals surface area contributed by atoms with E-state index in [1.165, 1.54) is 12.8 Å². The average Bonchev–Trinajstić information content (AvgIpc) is 3.18. The Morgan fingerprint density at radius 1 is 1.44 bits per heavy atom. The second-order valence-corrected chi connectivity index (χ2v) is 5.85. The Kier molecular flexibility index (Phi) is 4.66. The van der Waals surface area contributed by atoms with E-state index >= 15 is 0 Å². The summed E-state index contributed by atoms with van der Waals surface area (Å²) < 4.78 is 0. The molecule has 18 heavy (non-hydrogen) atoms. The monoisotopic (exact) mass is 267 g/mol. The quantitative estimate of drug-likeness (QED) is 0.853. The largest absolute Gasteiger partial charge is 0.388 e. The number of nitrogens with zero attached hydrogens (tertiary/aromatic N) is 1. The highest BCUT2D eigenvalue weighted by Gasteiger charge is 2.30. The van der Waals surface area contributed by atoms with Crippen LogP contribution in [0.15, 0.2) is 24.3 Å². The molecule has 1 aliphatic carbocycles. The highest BCUT2D eigenvalue weighted by atomic mass is 35.5. The number of aliphatic hydroxyl groups excluding tert-OH is 1. The number of aliphatic hydroxyl groups is 1. The molecule has 1 saturated carbocycles. The van der Waals surface area contributed by atoms with E-state index in [1.54, 1.807) is 0 Å². The molecule has 0 heterocycles. The van der Waals surface area contributed by atoms with E-state index < -0.39 is 6.10 Å². The van der Waals surface area contributed by atoms with Crippen LogP contribution in [0.1, 0.15) is 37.9 Å². The van der Waals surface area contributed by atoms with Crippen molar-refractivity contribution < 1.29 is 5.11 Å². The van der Waals surface area contributed by atoms with Gasteiger partial charge in [0, 0.05) is 17.6 Å². The molecule has 2 rings (SSSR count). The van der Waals surface area contributed by atoms with Crippen molar-refractivity contribution in [2.45, 2.75) is 38.3 Å². The van der Waals surface area contributed by atoms with Gasteiger partial charge >= 0.3 is 0 Å². The molecular formula is C15H22ClNO. The molecule has 100 valence electrons. The minimum Gasteiger partial charge on any atom is -0.388 e. The van der Waals surface area contributed by atoms with Crippen LogP contribution < -0.4 is 0 Å². The lowest BCUT2D eigenvalue weighted by molar-refractivity contribution is 0.135. The van der Waals surface area contributed by atoms with Crippen molar-refractivity contribution >= 4 is 11.6 Å². The summed E-state index contributed by atoms with van der Waals surface area (Å²) in [6.45, 7) is 3.20. The van der Waals surface area contributed by atoms with Gasteiger partial charge in [-0.05, 0) is 56.8 Å². The Hall–Kier alpha value is -0.570. The SMILES string of the molecule is CC(C1CC1)N(C)CCC(O)c1cccc(Cl)c1. The summed E-state index contributed by atoms with van der Waals surface area (Å²) in [5.74, 6) is 0.873. The van der Waals surface area contributed by atoms with Gasteiger partial charge in [-0.3, -0.25) is 0 Å². The first-order chi connectivity index (χ1) is 8.58. The first-order valence-corrected chi connectivity index (χ1v) is 7.09. The molecule has 0 amide bonds. The summed E-state index contributed by atoms with van der Waals surface area (Å²) in [5.41, 5.74) is 0.912. The zero-order valence-corrected chi connectivity index (χ0v) is 11.9. The number of hydrogen-bond acceptors (Lipinski definition) is 2. The first kappa shape index (κ1) is 13.9. The molecule has 2 unspecified atom stereocenters. The lowest BCUT2D eigenvalue weighted by Gasteiger charge is -2.25. The van der Waals surface area contributed by atoms with Crippen molar-refractivity contribution in [3.63, 3.8) is 0 Å². The van der Waals surface area contributed by atoms with Crippen molar-refractivity contribution in [2.75, 3.05) is 13.6 Å². The van der Waals surface area contributed by atoms with Gasteiger partial charge in [0.05, 0.1) is 6.10 Å². The molecule has 0 saturated heterocycles. The third kappa shape index (κ3) is 3.71. The van der Waals surface area contributed by atoms with Crippen molar-refractivity contribution in [2.24, 2.45) is 5.92 Å². The third-order valence-corrected chi connectivity index (χ3v) is 4.22. The number of benzene rings is 1. The van der Waals surface area contributed by atoms with E-state index in [0.29, 0.717) is 11.1 Å². The first-order valence-electron chi connectivity index (χ1n) is 6.71. The van der Waals surface area contributed by atoms with Gasteiger partial charge in [0.15, 0.2) is 0 Å². The zero-order valence-electron chi connectivity index (χ0n) is 11.1. The second-order valence-electron chi connectivity index (χ2n) is 5.42. The van der Waals surface area contributed by atoms with Crippen LogP contribution in [0.4, 0.5) is 0 Å². The predicted molar refractivity (Wildman–Crippen MR) is 75.8 cm³/mol. The fourth-order valence-corrected chi connectivity index (χ4v) is 2.55. The van der Waals surface area contributed by atoms with E-state index in [-0.39, 0.29) is 0 Å². The fourth-order valence-electron chi connectivity index (χ4n) is 2.35. The smallest absolute Gasteiger partial charge is 0.0802 e. The highest BCUT2D eigenvalue weighted by Crippen LogP contribution is 2.34. The molecule has 1 aliphatic rings. The average molecular weight is 268 g/mol. The maximum absolute atomic E-state index is 10.1. The third-order valence-electron chi connectivity index (χ3n) is 3.99. The molecule has 2 nitrogen and oxygen atoms in total. The molecule has 0 bridgehead atoms. The van der Waals surface area contributed by atoms with Crippen LogP contribution in [0.25, 0.3) is 0 Å². The summed E-state index contributed by atoms with van der Waals surface area (Å²) in [4.78, 5) is 2.35. The van der Waals surface area contributed by atoms with Gasteiger partial charge in [0.25, 0.3) is 0 Å². The zero-order chi connectivity index (χ0) is 13.1. The minimum atomic E-state index is -0.419. The van der Waals surface area contributed by atoms with Crippen molar-refractivity contribution in [3.8, 4) is 0 Å². The Labute approximate surface area is 115 Å². The summed E-state index contributed by atoms with van der Waals surface area (Å²) in [5, 5.41) is 10.8. The summed E-state index contributed by atoms with van der Waals surface area (Å²) in [6.07, 6.45) is 3.07. The van der Waals surface area contributed by atoms with E-state index in [1.807, 2.05) is 24.3 Å². The van der Waals surface area contributed by atoms with Gasteiger partial charge in [0.1, 0.15) is 0 Å². The van der Waals surface area contributed by atoms with Crippen LogP contribution in [-0.4, -0.2) is 29.6 Å². The van der Waals surface area contributed by atoms with Gasteiger partial charge in [-0.2, -0.15) is 0 Å². The maximum atomic E-state index is 10.1. The molecule has 1 fully saturated rings. The molecule has 0 aromatic heterocycles. The lowest BCUT2D eigenvalue weighted by atomic mass is 10.1. The Morgan fingerprint density at radius 2 is 2.17 bits per heavy atom. The van der Waals surface area contributed by atoms with Crippen molar-refractivity contribution in [3.05, 3.63) is 34.9 Å². The molecular weight excluding hydrogens is 246 g/mol. The number of hydrogen-bond donors (Lipinski definition) is 1. The van der Waals surface area contributed by atoms with Gasteiger partial charge in [-0.1, -0.05) is 23.7 Å². The molecule has 1 N–H and O–H groups in total. The van der Waals surface area contributed by atoms with Crippen LogP contribution in [0, 0.1) is 5.92 Å². The lowest BCUT2D eigenvalue weighted by Crippen LogP contribution is -2.32. The number of halogens is 1. The Balaban J connectivity index is 1.82. The van der Waals surface area contributed by atoms with Gasteiger partial charge in [0.2, 0.25) is 0 Å². The minimum absolute atomic E-state index is 0.419. The van der Waals surface area contributed by atoms with Crippen LogP contribution in [0.2, 0.25) is 5.02 Å². The second kappa shape index (κ2) is 6.05. The van der Waals surface area contributed by atoms with Crippen molar-refractivity contribution in [1.29, 1.82) is 0 Å². The summed E-state index contributed by atoms with van der Waals surface area (Å²) in [6, 6.07) is 8.13. The van der Waals surface area contributed by atoms with E-state index in [4.69, 9.17) is 11.6 Å². The molecule has 3 heteroatoms.